The van der Waals surface area contributed by atoms with Crippen molar-refractivity contribution < 1.29 is 4.79 Å². The molecule has 126 valence electrons. The average molecular weight is 345 g/mol. The Labute approximate surface area is 147 Å². The standard InChI is InChI=1S/C18H21ClN4O/c1-13-12-14(19)6-7-15(13)20-18(24)16-8-9-17(22-21-16)23-10-4-2-3-5-11-23/h6-9,12H,2-5,10-11H2,1H3,(H,20,24). The molecule has 1 aliphatic rings. The van der Waals surface area contributed by atoms with Crippen molar-refractivity contribution in [1.29, 1.82) is 0 Å². The van der Waals surface area contributed by atoms with Gasteiger partial charge in [0.05, 0.1) is 0 Å². The molecule has 1 aromatic heterocycles. The molecule has 24 heavy (non-hydrogen) atoms. The highest BCUT2D eigenvalue weighted by Crippen LogP contribution is 2.20. The number of hydrogen-bond donors (Lipinski definition) is 1. The molecule has 0 bridgehead atoms. The molecule has 0 radical (unpaired) electrons. The molecule has 2 heterocycles. The van der Waals surface area contributed by atoms with E-state index in [2.05, 4.69) is 20.4 Å². The lowest BCUT2D eigenvalue weighted by Crippen LogP contribution is -2.25. The first kappa shape index (κ1) is 16.7. The fraction of sp³-hybridized carbons (Fsp3) is 0.389. The number of nitrogens with zero attached hydrogens (tertiary/aromatic N) is 3. The fourth-order valence-electron chi connectivity index (χ4n) is 2.87. The highest BCUT2D eigenvalue weighted by atomic mass is 35.5. The van der Waals surface area contributed by atoms with Crippen LogP contribution in [0, 0.1) is 6.92 Å². The first-order valence-corrected chi connectivity index (χ1v) is 8.67. The Kier molecular flexibility index (Phi) is 5.30. The monoisotopic (exact) mass is 344 g/mol. The number of aryl methyl sites for hydroxylation is 1. The van der Waals surface area contributed by atoms with Gasteiger partial charge in [-0.3, -0.25) is 4.79 Å². The molecule has 1 N–H and O–H groups in total. The first-order chi connectivity index (χ1) is 11.6. The smallest absolute Gasteiger partial charge is 0.276 e. The van der Waals surface area contributed by atoms with Gasteiger partial charge in [-0.1, -0.05) is 24.4 Å². The van der Waals surface area contributed by atoms with Crippen molar-refractivity contribution in [1.82, 2.24) is 10.2 Å². The van der Waals surface area contributed by atoms with Crippen LogP contribution < -0.4 is 10.2 Å². The number of anilines is 2. The number of nitrogens with one attached hydrogen (secondary N) is 1. The second kappa shape index (κ2) is 7.62. The molecule has 0 atom stereocenters. The summed E-state index contributed by atoms with van der Waals surface area (Å²) < 4.78 is 0. The Hall–Kier alpha value is -2.14. The van der Waals surface area contributed by atoms with E-state index in [9.17, 15) is 4.79 Å². The molecule has 1 aliphatic heterocycles. The number of carbonyl (C=O) groups is 1. The van der Waals surface area contributed by atoms with Gasteiger partial charge in [-0.05, 0) is 55.7 Å². The summed E-state index contributed by atoms with van der Waals surface area (Å²) in [6.07, 6.45) is 4.90. The van der Waals surface area contributed by atoms with Gasteiger partial charge in [-0.25, -0.2) is 0 Å². The highest BCUT2D eigenvalue weighted by molar-refractivity contribution is 6.30. The number of carbonyl (C=O) groups excluding carboxylic acids is 1. The van der Waals surface area contributed by atoms with Crippen molar-refractivity contribution in [2.24, 2.45) is 0 Å². The van der Waals surface area contributed by atoms with Gasteiger partial charge in [0, 0.05) is 23.8 Å². The highest BCUT2D eigenvalue weighted by Gasteiger charge is 2.14. The number of hydrogen-bond acceptors (Lipinski definition) is 4. The predicted octanol–water partition coefficient (Wildman–Crippen LogP) is 4.07. The second-order valence-electron chi connectivity index (χ2n) is 6.09. The van der Waals surface area contributed by atoms with E-state index < -0.39 is 0 Å². The normalized spacial score (nSPS) is 15.0. The number of benzene rings is 1. The zero-order chi connectivity index (χ0) is 16.9. The van der Waals surface area contributed by atoms with E-state index in [1.165, 1.54) is 25.7 Å². The molecule has 2 aromatic rings. The molecule has 0 unspecified atom stereocenters. The zero-order valence-corrected chi connectivity index (χ0v) is 14.5. The van der Waals surface area contributed by atoms with Crippen molar-refractivity contribution in [3.05, 3.63) is 46.6 Å². The van der Waals surface area contributed by atoms with Crippen LogP contribution in [0.5, 0.6) is 0 Å². The second-order valence-corrected chi connectivity index (χ2v) is 6.53. The molecule has 0 spiro atoms. The van der Waals surface area contributed by atoms with Gasteiger partial charge in [-0.15, -0.1) is 10.2 Å². The van der Waals surface area contributed by atoms with Crippen LogP contribution in [0.15, 0.2) is 30.3 Å². The molecule has 0 saturated carbocycles. The van der Waals surface area contributed by atoms with Crippen molar-refractivity contribution in [2.45, 2.75) is 32.6 Å². The number of amides is 1. The maximum atomic E-state index is 12.3. The quantitative estimate of drug-likeness (QED) is 0.911. The lowest BCUT2D eigenvalue weighted by molar-refractivity contribution is 0.102. The van der Waals surface area contributed by atoms with Crippen LogP contribution in [-0.2, 0) is 0 Å². The molecule has 3 rings (SSSR count). The molecule has 1 fully saturated rings. The Morgan fingerprint density at radius 1 is 1.08 bits per heavy atom. The molecule has 1 aromatic carbocycles. The van der Waals surface area contributed by atoms with Crippen molar-refractivity contribution >= 4 is 29.0 Å². The molecule has 6 heteroatoms. The van der Waals surface area contributed by atoms with Crippen LogP contribution in [0.2, 0.25) is 5.02 Å². The summed E-state index contributed by atoms with van der Waals surface area (Å²) >= 11 is 5.93. The van der Waals surface area contributed by atoms with Gasteiger partial charge >= 0.3 is 0 Å². The number of rotatable bonds is 3. The maximum Gasteiger partial charge on any atom is 0.276 e. The molecular formula is C18H21ClN4O. The van der Waals surface area contributed by atoms with E-state index in [0.717, 1.165) is 30.2 Å². The van der Waals surface area contributed by atoms with Crippen LogP contribution in [-0.4, -0.2) is 29.2 Å². The van der Waals surface area contributed by atoms with Gasteiger partial charge < -0.3 is 10.2 Å². The topological polar surface area (TPSA) is 58.1 Å². The van der Waals surface area contributed by atoms with E-state index in [1.807, 2.05) is 19.1 Å². The predicted molar refractivity (Wildman–Crippen MR) is 96.9 cm³/mol. The largest absolute Gasteiger partial charge is 0.355 e. The summed E-state index contributed by atoms with van der Waals surface area (Å²) in [5.41, 5.74) is 1.94. The van der Waals surface area contributed by atoms with Crippen molar-refractivity contribution in [2.75, 3.05) is 23.3 Å². The van der Waals surface area contributed by atoms with E-state index >= 15 is 0 Å². The van der Waals surface area contributed by atoms with Crippen molar-refractivity contribution in [3.8, 4) is 0 Å². The third kappa shape index (κ3) is 4.03. The Morgan fingerprint density at radius 3 is 2.46 bits per heavy atom. The van der Waals surface area contributed by atoms with Gasteiger partial charge in [-0.2, -0.15) is 0 Å². The molecule has 5 nitrogen and oxygen atoms in total. The van der Waals surface area contributed by atoms with Gasteiger partial charge in [0.1, 0.15) is 0 Å². The molecular weight excluding hydrogens is 324 g/mol. The van der Waals surface area contributed by atoms with E-state index in [4.69, 9.17) is 11.6 Å². The summed E-state index contributed by atoms with van der Waals surface area (Å²) in [5, 5.41) is 11.8. The third-order valence-corrected chi connectivity index (χ3v) is 4.48. The first-order valence-electron chi connectivity index (χ1n) is 8.30. The number of aromatic nitrogens is 2. The van der Waals surface area contributed by atoms with Gasteiger partial charge in [0.15, 0.2) is 11.5 Å². The van der Waals surface area contributed by atoms with Crippen molar-refractivity contribution in [3.63, 3.8) is 0 Å². The fourth-order valence-corrected chi connectivity index (χ4v) is 3.10. The summed E-state index contributed by atoms with van der Waals surface area (Å²) in [4.78, 5) is 14.6. The van der Waals surface area contributed by atoms with Crippen LogP contribution in [0.25, 0.3) is 0 Å². The maximum absolute atomic E-state index is 12.3. The summed E-state index contributed by atoms with van der Waals surface area (Å²) in [6, 6.07) is 8.95. The average Bonchev–Trinajstić information content (AvgIpc) is 2.87. The zero-order valence-electron chi connectivity index (χ0n) is 13.8. The molecule has 0 aliphatic carbocycles. The Morgan fingerprint density at radius 2 is 1.83 bits per heavy atom. The summed E-state index contributed by atoms with van der Waals surface area (Å²) in [5.74, 6) is 0.575. The van der Waals surface area contributed by atoms with E-state index in [1.54, 1.807) is 18.2 Å². The van der Waals surface area contributed by atoms with Crippen LogP contribution in [0.4, 0.5) is 11.5 Å². The lowest BCUT2D eigenvalue weighted by atomic mass is 10.2. The SMILES string of the molecule is Cc1cc(Cl)ccc1NC(=O)c1ccc(N2CCCCCC2)nn1. The Balaban J connectivity index is 1.69. The molecule has 1 amide bonds. The minimum atomic E-state index is -0.268. The van der Waals surface area contributed by atoms with E-state index in [-0.39, 0.29) is 5.91 Å². The third-order valence-electron chi connectivity index (χ3n) is 4.25. The van der Waals surface area contributed by atoms with E-state index in [0.29, 0.717) is 10.7 Å². The van der Waals surface area contributed by atoms with Crippen LogP contribution in [0.1, 0.15) is 41.7 Å². The molecule has 1 saturated heterocycles. The van der Waals surface area contributed by atoms with Crippen LogP contribution in [0.3, 0.4) is 0 Å². The number of halogens is 1. The van der Waals surface area contributed by atoms with Gasteiger partial charge in [0.2, 0.25) is 0 Å². The van der Waals surface area contributed by atoms with Crippen LogP contribution >= 0.6 is 11.6 Å². The summed E-state index contributed by atoms with van der Waals surface area (Å²) in [7, 11) is 0. The minimum Gasteiger partial charge on any atom is -0.355 e. The van der Waals surface area contributed by atoms with Gasteiger partial charge in [0.25, 0.3) is 5.91 Å². The Bertz CT molecular complexity index is 709. The summed E-state index contributed by atoms with van der Waals surface area (Å²) in [6.45, 7) is 3.91. The minimum absolute atomic E-state index is 0.268. The lowest BCUT2D eigenvalue weighted by Gasteiger charge is -2.20.